The predicted octanol–water partition coefficient (Wildman–Crippen LogP) is 4.05. The summed E-state index contributed by atoms with van der Waals surface area (Å²) in [4.78, 5) is 14.4. The van der Waals surface area contributed by atoms with Crippen molar-refractivity contribution >= 4 is 33.1 Å². The number of hydrogen-bond donors (Lipinski definition) is 1. The van der Waals surface area contributed by atoms with Gasteiger partial charge in [-0.05, 0) is 61.2 Å². The Morgan fingerprint density at radius 3 is 2.48 bits per heavy atom. The summed E-state index contributed by atoms with van der Waals surface area (Å²) in [6.07, 6.45) is 2.82. The molecular formula is C23H27N3O4S. The van der Waals surface area contributed by atoms with Crippen LogP contribution in [0.15, 0.2) is 51.8 Å². The Balaban J connectivity index is 1.74. The fourth-order valence-corrected chi connectivity index (χ4v) is 5.01. The molecule has 1 heterocycles. The molecule has 0 bridgehead atoms. The van der Waals surface area contributed by atoms with Gasteiger partial charge in [-0.15, -0.1) is 4.40 Å². The maximum absolute atomic E-state index is 13.1. The Morgan fingerprint density at radius 2 is 1.90 bits per heavy atom. The van der Waals surface area contributed by atoms with Gasteiger partial charge < -0.3 is 15.0 Å². The van der Waals surface area contributed by atoms with E-state index >= 15 is 0 Å². The monoisotopic (exact) mass is 441 g/mol. The van der Waals surface area contributed by atoms with Gasteiger partial charge >= 0.3 is 0 Å². The van der Waals surface area contributed by atoms with Crippen LogP contribution in [0.25, 0.3) is 0 Å². The third-order valence-corrected chi connectivity index (χ3v) is 6.93. The van der Waals surface area contributed by atoms with E-state index in [1.54, 1.807) is 43.5 Å². The van der Waals surface area contributed by atoms with Gasteiger partial charge in [-0.2, -0.15) is 8.42 Å². The van der Waals surface area contributed by atoms with Crippen molar-refractivity contribution < 1.29 is 17.9 Å². The number of sulfonamides is 1. The first-order valence-electron chi connectivity index (χ1n) is 10.5. The Morgan fingerprint density at radius 1 is 1.19 bits per heavy atom. The molecule has 0 radical (unpaired) electrons. The molecule has 0 atom stereocenters. The van der Waals surface area contributed by atoms with Gasteiger partial charge in [0.25, 0.3) is 10.0 Å². The highest BCUT2D eigenvalue weighted by molar-refractivity contribution is 7.90. The van der Waals surface area contributed by atoms with Crippen LogP contribution in [0.5, 0.6) is 5.75 Å². The van der Waals surface area contributed by atoms with Gasteiger partial charge in [0.2, 0.25) is 5.91 Å². The summed E-state index contributed by atoms with van der Waals surface area (Å²) in [6.45, 7) is 4.74. The summed E-state index contributed by atoms with van der Waals surface area (Å²) in [5, 5.41) is 2.86. The van der Waals surface area contributed by atoms with E-state index in [9.17, 15) is 13.2 Å². The lowest BCUT2D eigenvalue weighted by Crippen LogP contribution is -2.39. The number of fused-ring (bicyclic) bond motifs is 1. The quantitative estimate of drug-likeness (QED) is 0.731. The largest absolute Gasteiger partial charge is 0.497 e. The fraction of sp³-hybridized carbons (Fsp3) is 0.391. The molecule has 0 aromatic heterocycles. The summed E-state index contributed by atoms with van der Waals surface area (Å²) in [7, 11) is -2.35. The van der Waals surface area contributed by atoms with Crippen molar-refractivity contribution in [2.45, 2.75) is 38.0 Å². The molecule has 7 nitrogen and oxygen atoms in total. The first-order chi connectivity index (χ1) is 14.8. The van der Waals surface area contributed by atoms with Crippen molar-refractivity contribution in [2.24, 2.45) is 16.2 Å². The summed E-state index contributed by atoms with van der Waals surface area (Å²) in [5.41, 5.74) is 1.74. The summed E-state index contributed by atoms with van der Waals surface area (Å²) >= 11 is 0. The van der Waals surface area contributed by atoms with E-state index in [0.29, 0.717) is 35.1 Å². The number of hydrogen-bond acceptors (Lipinski definition) is 5. The number of nitrogens with zero attached hydrogens (tertiary/aromatic N) is 2. The number of nitrogens with one attached hydrogen (secondary N) is 1. The number of carbonyl (C=O) groups is 1. The molecule has 1 N–H and O–H groups in total. The molecule has 164 valence electrons. The van der Waals surface area contributed by atoms with Gasteiger partial charge in [-0.1, -0.05) is 20.3 Å². The standard InChI is InChI=1S/C23H27N3O4S/c1-15(2)14-26-20-12-9-18(24-23(27)17-5-4-6-17)13-21(20)31(28,29)25-22(26)16-7-10-19(30-3)11-8-16/h7-13,15,17H,4-6,14H2,1-3H3,(H,24,27). The van der Waals surface area contributed by atoms with Crippen LogP contribution in [0.1, 0.15) is 38.7 Å². The Hall–Kier alpha value is -2.87. The summed E-state index contributed by atoms with van der Waals surface area (Å²) < 4.78 is 35.6. The van der Waals surface area contributed by atoms with E-state index in [0.717, 1.165) is 19.3 Å². The highest BCUT2D eigenvalue weighted by Crippen LogP contribution is 2.36. The number of amides is 1. The van der Waals surface area contributed by atoms with Crippen molar-refractivity contribution in [3.05, 3.63) is 48.0 Å². The molecule has 2 aliphatic rings. The van der Waals surface area contributed by atoms with Gasteiger partial charge in [-0.3, -0.25) is 4.79 Å². The molecule has 0 unspecified atom stereocenters. The second-order valence-corrected chi connectivity index (χ2v) is 10.00. The molecule has 2 aromatic rings. The lowest BCUT2D eigenvalue weighted by atomic mass is 9.85. The van der Waals surface area contributed by atoms with Gasteiger partial charge in [0, 0.05) is 23.7 Å². The molecule has 1 fully saturated rings. The molecule has 1 amide bonds. The molecule has 1 saturated carbocycles. The molecule has 31 heavy (non-hydrogen) atoms. The fourth-order valence-electron chi connectivity index (χ4n) is 3.76. The maximum atomic E-state index is 13.1. The van der Waals surface area contributed by atoms with Crippen LogP contribution in [-0.4, -0.2) is 33.8 Å². The van der Waals surface area contributed by atoms with Crippen LogP contribution in [-0.2, 0) is 14.8 Å². The zero-order valence-electron chi connectivity index (χ0n) is 18.0. The van der Waals surface area contributed by atoms with Gasteiger partial charge in [0.05, 0.1) is 12.8 Å². The van der Waals surface area contributed by atoms with E-state index in [1.807, 2.05) is 4.90 Å². The average molecular weight is 442 g/mol. The number of rotatable bonds is 6. The van der Waals surface area contributed by atoms with E-state index in [1.165, 1.54) is 6.07 Å². The molecule has 4 rings (SSSR count). The average Bonchev–Trinajstić information content (AvgIpc) is 2.68. The number of carbonyl (C=O) groups excluding carboxylic acids is 1. The zero-order valence-corrected chi connectivity index (χ0v) is 18.8. The summed E-state index contributed by atoms with van der Waals surface area (Å²) in [6, 6.07) is 12.2. The molecule has 1 aliphatic heterocycles. The minimum absolute atomic E-state index is 0.0183. The van der Waals surface area contributed by atoms with Crippen LogP contribution in [0.3, 0.4) is 0 Å². The van der Waals surface area contributed by atoms with Crippen molar-refractivity contribution in [2.75, 3.05) is 23.9 Å². The SMILES string of the molecule is COc1ccc(C2=NS(=O)(=O)c3cc(NC(=O)C4CCC4)ccc3N2CC(C)C)cc1. The molecular weight excluding hydrogens is 414 g/mol. The van der Waals surface area contributed by atoms with Crippen molar-refractivity contribution in [1.82, 2.24) is 0 Å². The first-order valence-corrected chi connectivity index (χ1v) is 11.9. The highest BCUT2D eigenvalue weighted by atomic mass is 32.2. The molecule has 8 heteroatoms. The van der Waals surface area contributed by atoms with E-state index in [4.69, 9.17) is 4.74 Å². The molecule has 2 aromatic carbocycles. The number of ether oxygens (including phenoxy) is 1. The number of amidine groups is 1. The Bertz CT molecular complexity index is 1120. The first kappa shape index (κ1) is 21.4. The van der Waals surface area contributed by atoms with E-state index < -0.39 is 10.0 Å². The maximum Gasteiger partial charge on any atom is 0.286 e. The Kier molecular flexibility index (Phi) is 5.75. The van der Waals surface area contributed by atoms with E-state index in [2.05, 4.69) is 23.6 Å². The number of methoxy groups -OCH3 is 1. The lowest BCUT2D eigenvalue weighted by Gasteiger charge is -2.32. The van der Waals surface area contributed by atoms with Gasteiger partial charge in [0.1, 0.15) is 10.6 Å². The topological polar surface area (TPSA) is 88.1 Å². The van der Waals surface area contributed by atoms with Crippen LogP contribution < -0.4 is 15.0 Å². The third kappa shape index (κ3) is 4.30. The van der Waals surface area contributed by atoms with Crippen molar-refractivity contribution in [3.8, 4) is 5.75 Å². The van der Waals surface area contributed by atoms with Crippen LogP contribution in [0.2, 0.25) is 0 Å². The van der Waals surface area contributed by atoms with E-state index in [-0.39, 0.29) is 22.6 Å². The molecule has 1 aliphatic carbocycles. The summed E-state index contributed by atoms with van der Waals surface area (Å²) in [5.74, 6) is 1.31. The second-order valence-electron chi connectivity index (χ2n) is 8.42. The van der Waals surface area contributed by atoms with Crippen molar-refractivity contribution in [1.29, 1.82) is 0 Å². The minimum Gasteiger partial charge on any atom is -0.497 e. The smallest absolute Gasteiger partial charge is 0.286 e. The number of anilines is 2. The van der Waals surface area contributed by atoms with Crippen LogP contribution >= 0.6 is 0 Å². The minimum atomic E-state index is -3.93. The van der Waals surface area contributed by atoms with Crippen molar-refractivity contribution in [3.63, 3.8) is 0 Å². The third-order valence-electron chi connectivity index (χ3n) is 5.63. The van der Waals surface area contributed by atoms with Crippen LogP contribution in [0, 0.1) is 11.8 Å². The molecule has 0 spiro atoms. The van der Waals surface area contributed by atoms with Gasteiger partial charge in [-0.25, -0.2) is 0 Å². The molecule has 0 saturated heterocycles. The number of benzene rings is 2. The normalized spacial score (nSPS) is 17.5. The zero-order chi connectivity index (χ0) is 22.2. The second kappa shape index (κ2) is 8.34. The lowest BCUT2D eigenvalue weighted by molar-refractivity contribution is -0.122. The highest BCUT2D eigenvalue weighted by Gasteiger charge is 2.33. The van der Waals surface area contributed by atoms with Gasteiger partial charge in [0.15, 0.2) is 5.84 Å². The Labute approximate surface area is 183 Å². The predicted molar refractivity (Wildman–Crippen MR) is 121 cm³/mol. The van der Waals surface area contributed by atoms with Crippen LogP contribution in [0.4, 0.5) is 11.4 Å².